The molecule has 1 rings (SSSR count). The van der Waals surface area contributed by atoms with Crippen LogP contribution >= 0.6 is 11.3 Å². The molecular formula is C12H21NS. The van der Waals surface area contributed by atoms with E-state index in [1.807, 2.05) is 11.3 Å². The van der Waals surface area contributed by atoms with E-state index in [4.69, 9.17) is 0 Å². The zero-order valence-electron chi connectivity index (χ0n) is 9.63. The smallest absolute Gasteiger partial charge is 0.00490 e. The monoisotopic (exact) mass is 211 g/mol. The van der Waals surface area contributed by atoms with Crippen molar-refractivity contribution < 1.29 is 0 Å². The minimum atomic E-state index is 0.667. The van der Waals surface area contributed by atoms with Crippen LogP contribution in [0.1, 0.15) is 37.1 Å². The normalized spacial score (nSPS) is 15.4. The van der Waals surface area contributed by atoms with Crippen LogP contribution in [0.5, 0.6) is 0 Å². The molecule has 0 amide bonds. The fourth-order valence-electron chi connectivity index (χ4n) is 1.72. The van der Waals surface area contributed by atoms with Gasteiger partial charge >= 0.3 is 0 Å². The maximum absolute atomic E-state index is 3.41. The molecule has 1 aromatic heterocycles. The van der Waals surface area contributed by atoms with E-state index in [9.17, 15) is 0 Å². The number of thiophene rings is 1. The lowest BCUT2D eigenvalue weighted by Gasteiger charge is -2.20. The van der Waals surface area contributed by atoms with Crippen molar-refractivity contribution in [2.75, 3.05) is 13.1 Å². The Morgan fingerprint density at radius 2 is 2.14 bits per heavy atom. The number of rotatable bonds is 5. The maximum Gasteiger partial charge on any atom is 0.00490 e. The van der Waals surface area contributed by atoms with E-state index in [-0.39, 0.29) is 0 Å². The van der Waals surface area contributed by atoms with Gasteiger partial charge in [-0.2, -0.15) is 0 Å². The number of hydrogen-bond acceptors (Lipinski definition) is 2. The van der Waals surface area contributed by atoms with E-state index < -0.39 is 0 Å². The second kappa shape index (κ2) is 5.52. The van der Waals surface area contributed by atoms with Gasteiger partial charge in [0.1, 0.15) is 0 Å². The molecule has 2 heteroatoms. The molecule has 0 bridgehead atoms. The van der Waals surface area contributed by atoms with Crippen LogP contribution in [0.25, 0.3) is 0 Å². The summed E-state index contributed by atoms with van der Waals surface area (Å²) in [5, 5.41) is 5.61. The van der Waals surface area contributed by atoms with Crippen LogP contribution in [-0.2, 0) is 0 Å². The first kappa shape index (κ1) is 11.7. The third-order valence-electron chi connectivity index (χ3n) is 2.96. The van der Waals surface area contributed by atoms with Crippen molar-refractivity contribution in [3.63, 3.8) is 0 Å². The molecule has 0 aliphatic rings. The Morgan fingerprint density at radius 1 is 1.43 bits per heavy atom. The molecule has 0 saturated heterocycles. The van der Waals surface area contributed by atoms with Crippen LogP contribution in [0.3, 0.4) is 0 Å². The topological polar surface area (TPSA) is 12.0 Å². The highest BCUT2D eigenvalue weighted by Gasteiger charge is 2.16. The summed E-state index contributed by atoms with van der Waals surface area (Å²) in [5.74, 6) is 1.38. The van der Waals surface area contributed by atoms with Gasteiger partial charge in [0, 0.05) is 4.88 Å². The van der Waals surface area contributed by atoms with Gasteiger partial charge in [-0.05, 0) is 48.9 Å². The highest BCUT2D eigenvalue weighted by Crippen LogP contribution is 2.29. The Bertz CT molecular complexity index is 267. The molecule has 1 aromatic rings. The Labute approximate surface area is 91.5 Å². The quantitative estimate of drug-likeness (QED) is 0.787. The van der Waals surface area contributed by atoms with E-state index in [2.05, 4.69) is 44.5 Å². The molecular weight excluding hydrogens is 190 g/mol. The lowest BCUT2D eigenvalue weighted by Crippen LogP contribution is -2.24. The minimum Gasteiger partial charge on any atom is -0.317 e. The Balaban J connectivity index is 2.56. The third-order valence-corrected chi connectivity index (χ3v) is 3.82. The first-order valence-electron chi connectivity index (χ1n) is 5.41. The molecule has 0 aliphatic carbocycles. The van der Waals surface area contributed by atoms with E-state index in [0.29, 0.717) is 11.8 Å². The number of hydrogen-bond donors (Lipinski definition) is 1. The molecule has 1 heterocycles. The zero-order valence-corrected chi connectivity index (χ0v) is 10.4. The average Bonchev–Trinajstić information content (AvgIpc) is 2.59. The second-order valence-corrected chi connectivity index (χ2v) is 5.13. The lowest BCUT2D eigenvalue weighted by atomic mass is 9.89. The molecule has 0 radical (unpaired) electrons. The molecule has 1 N–H and O–H groups in total. The molecule has 0 spiro atoms. The highest BCUT2D eigenvalue weighted by molar-refractivity contribution is 7.10. The fourth-order valence-corrected chi connectivity index (χ4v) is 2.53. The third kappa shape index (κ3) is 2.82. The van der Waals surface area contributed by atoms with Crippen LogP contribution in [0, 0.1) is 12.8 Å². The molecule has 14 heavy (non-hydrogen) atoms. The molecule has 0 fully saturated rings. The van der Waals surface area contributed by atoms with Crippen LogP contribution in [0.4, 0.5) is 0 Å². The molecule has 0 aromatic carbocycles. The summed E-state index contributed by atoms with van der Waals surface area (Å²) in [5.41, 5.74) is 1.53. The van der Waals surface area contributed by atoms with Gasteiger partial charge in [0.05, 0.1) is 0 Å². The first-order valence-corrected chi connectivity index (χ1v) is 6.29. The number of aryl methyl sites for hydroxylation is 1. The SMILES string of the molecule is CCNCC(C)C(C)c1ccsc1C. The van der Waals surface area contributed by atoms with Gasteiger partial charge in [-0.25, -0.2) is 0 Å². The van der Waals surface area contributed by atoms with Crippen LogP contribution in [-0.4, -0.2) is 13.1 Å². The average molecular weight is 211 g/mol. The minimum absolute atomic E-state index is 0.667. The van der Waals surface area contributed by atoms with Gasteiger partial charge in [0.25, 0.3) is 0 Å². The van der Waals surface area contributed by atoms with Gasteiger partial charge in [0.15, 0.2) is 0 Å². The Morgan fingerprint density at radius 3 is 2.64 bits per heavy atom. The van der Waals surface area contributed by atoms with Crippen molar-refractivity contribution in [3.8, 4) is 0 Å². The van der Waals surface area contributed by atoms with E-state index in [1.165, 1.54) is 10.4 Å². The van der Waals surface area contributed by atoms with Gasteiger partial charge in [-0.1, -0.05) is 20.8 Å². The summed E-state index contributed by atoms with van der Waals surface area (Å²) in [6.45, 7) is 11.2. The summed E-state index contributed by atoms with van der Waals surface area (Å²) in [6, 6.07) is 2.27. The summed E-state index contributed by atoms with van der Waals surface area (Å²) in [6.07, 6.45) is 0. The van der Waals surface area contributed by atoms with E-state index in [0.717, 1.165) is 13.1 Å². The van der Waals surface area contributed by atoms with E-state index in [1.54, 1.807) is 0 Å². The predicted octanol–water partition coefficient (Wildman–Crippen LogP) is 3.41. The van der Waals surface area contributed by atoms with Gasteiger partial charge < -0.3 is 5.32 Å². The van der Waals surface area contributed by atoms with Crippen molar-refractivity contribution in [1.82, 2.24) is 5.32 Å². The number of nitrogens with one attached hydrogen (secondary N) is 1. The Kier molecular flexibility index (Phi) is 4.63. The maximum atomic E-state index is 3.41. The van der Waals surface area contributed by atoms with Crippen LogP contribution < -0.4 is 5.32 Å². The lowest BCUT2D eigenvalue weighted by molar-refractivity contribution is 0.453. The van der Waals surface area contributed by atoms with Gasteiger partial charge in [-0.15, -0.1) is 11.3 Å². The van der Waals surface area contributed by atoms with Crippen molar-refractivity contribution in [1.29, 1.82) is 0 Å². The first-order chi connectivity index (χ1) is 6.66. The van der Waals surface area contributed by atoms with Crippen LogP contribution in [0.2, 0.25) is 0 Å². The largest absolute Gasteiger partial charge is 0.317 e. The fraction of sp³-hybridized carbons (Fsp3) is 0.667. The van der Waals surface area contributed by atoms with Crippen LogP contribution in [0.15, 0.2) is 11.4 Å². The summed E-state index contributed by atoms with van der Waals surface area (Å²) in [7, 11) is 0. The molecule has 0 saturated carbocycles. The molecule has 2 atom stereocenters. The second-order valence-electron chi connectivity index (χ2n) is 4.01. The highest BCUT2D eigenvalue weighted by atomic mass is 32.1. The molecule has 80 valence electrons. The summed E-state index contributed by atoms with van der Waals surface area (Å²) < 4.78 is 0. The molecule has 2 unspecified atom stereocenters. The standard InChI is InChI=1S/C12H21NS/c1-5-13-8-9(2)10(3)12-6-7-14-11(12)4/h6-7,9-10,13H,5,8H2,1-4H3. The van der Waals surface area contributed by atoms with Crippen molar-refractivity contribution in [3.05, 3.63) is 21.9 Å². The summed E-state index contributed by atoms with van der Waals surface area (Å²) >= 11 is 1.85. The van der Waals surface area contributed by atoms with Crippen molar-refractivity contribution in [2.24, 2.45) is 5.92 Å². The van der Waals surface area contributed by atoms with Crippen molar-refractivity contribution >= 4 is 11.3 Å². The zero-order chi connectivity index (χ0) is 10.6. The molecule has 1 nitrogen and oxygen atoms in total. The Hall–Kier alpha value is -0.340. The van der Waals surface area contributed by atoms with E-state index >= 15 is 0 Å². The van der Waals surface area contributed by atoms with Gasteiger partial charge in [0.2, 0.25) is 0 Å². The predicted molar refractivity (Wildman–Crippen MR) is 65.2 cm³/mol. The summed E-state index contributed by atoms with van der Waals surface area (Å²) in [4.78, 5) is 1.47. The van der Waals surface area contributed by atoms with Crippen molar-refractivity contribution in [2.45, 2.75) is 33.6 Å². The molecule has 0 aliphatic heterocycles. The van der Waals surface area contributed by atoms with Gasteiger partial charge in [-0.3, -0.25) is 0 Å².